The van der Waals surface area contributed by atoms with E-state index < -0.39 is 17.2 Å². The number of carbonyl (C=O) groups excluding carboxylic acids is 1. The van der Waals surface area contributed by atoms with Crippen LogP contribution >= 0.6 is 11.6 Å². The van der Waals surface area contributed by atoms with Crippen LogP contribution in [0, 0.1) is 0 Å². The minimum absolute atomic E-state index is 0.0509. The van der Waals surface area contributed by atoms with Crippen molar-refractivity contribution in [1.82, 2.24) is 19.3 Å². The lowest BCUT2D eigenvalue weighted by Gasteiger charge is -2.14. The van der Waals surface area contributed by atoms with E-state index in [1.165, 1.54) is 17.7 Å². The molecule has 0 aliphatic carbocycles. The van der Waals surface area contributed by atoms with Gasteiger partial charge in [-0.3, -0.25) is 18.7 Å². The lowest BCUT2D eigenvalue weighted by molar-refractivity contribution is -0.116. The molecule has 2 heterocycles. The number of nitrogens with one attached hydrogen (secondary N) is 1. The Labute approximate surface area is 226 Å². The first-order valence-corrected chi connectivity index (χ1v) is 12.1. The van der Waals surface area contributed by atoms with E-state index in [1.807, 2.05) is 0 Å². The monoisotopic (exact) mass is 547 g/mol. The van der Waals surface area contributed by atoms with Gasteiger partial charge in [-0.1, -0.05) is 28.9 Å². The molecule has 0 saturated carbocycles. The first kappa shape index (κ1) is 25.7. The molecule has 0 spiro atoms. The highest BCUT2D eigenvalue weighted by Crippen LogP contribution is 2.27. The second-order valence-electron chi connectivity index (χ2n) is 8.41. The first-order valence-electron chi connectivity index (χ1n) is 11.7. The summed E-state index contributed by atoms with van der Waals surface area (Å²) in [7, 11) is 3.03. The zero-order valence-electron chi connectivity index (χ0n) is 20.9. The van der Waals surface area contributed by atoms with Gasteiger partial charge in [-0.2, -0.15) is 4.98 Å². The van der Waals surface area contributed by atoms with Crippen molar-refractivity contribution >= 4 is 34.1 Å². The maximum absolute atomic E-state index is 13.5. The molecule has 0 radical (unpaired) electrons. The predicted molar refractivity (Wildman–Crippen MR) is 144 cm³/mol. The predicted octanol–water partition coefficient (Wildman–Crippen LogP) is 3.57. The fourth-order valence-electron chi connectivity index (χ4n) is 4.09. The van der Waals surface area contributed by atoms with Gasteiger partial charge in [0.1, 0.15) is 24.6 Å². The number of methoxy groups -OCH3 is 2. The number of halogens is 1. The lowest BCUT2D eigenvalue weighted by Crippen LogP contribution is -2.42. The fourth-order valence-corrected chi connectivity index (χ4v) is 4.26. The maximum atomic E-state index is 13.5. The van der Waals surface area contributed by atoms with Crippen molar-refractivity contribution in [3.05, 3.63) is 98.5 Å². The summed E-state index contributed by atoms with van der Waals surface area (Å²) in [5, 5.41) is 7.32. The van der Waals surface area contributed by atoms with Crippen molar-refractivity contribution in [2.24, 2.45) is 0 Å². The normalized spacial score (nSPS) is 10.9. The van der Waals surface area contributed by atoms with E-state index in [9.17, 15) is 14.4 Å². The number of carbonyl (C=O) groups is 1. The first-order chi connectivity index (χ1) is 18.9. The van der Waals surface area contributed by atoms with Crippen LogP contribution in [0.3, 0.4) is 0 Å². The molecule has 11 nitrogen and oxygen atoms in total. The number of amides is 1. The summed E-state index contributed by atoms with van der Waals surface area (Å²) >= 11 is 6.06. The molecule has 5 aromatic rings. The number of fused-ring (bicyclic) bond motifs is 1. The molecule has 0 fully saturated rings. The van der Waals surface area contributed by atoms with Gasteiger partial charge in [0.25, 0.3) is 5.56 Å². The summed E-state index contributed by atoms with van der Waals surface area (Å²) in [6, 6.07) is 18.3. The summed E-state index contributed by atoms with van der Waals surface area (Å²) in [6.07, 6.45) is 0. The molecule has 3 aromatic carbocycles. The van der Waals surface area contributed by atoms with Gasteiger partial charge in [-0.05, 0) is 54.6 Å². The van der Waals surface area contributed by atoms with E-state index in [0.717, 1.165) is 4.57 Å². The lowest BCUT2D eigenvalue weighted by atomic mass is 10.2. The average Bonchev–Trinajstić information content (AvgIpc) is 3.42. The third kappa shape index (κ3) is 5.25. The van der Waals surface area contributed by atoms with Crippen LogP contribution in [-0.4, -0.2) is 39.4 Å². The number of benzene rings is 3. The summed E-state index contributed by atoms with van der Waals surface area (Å²) < 4.78 is 17.9. The highest BCUT2D eigenvalue weighted by Gasteiger charge is 2.19. The van der Waals surface area contributed by atoms with Crippen LogP contribution in [0.25, 0.3) is 22.3 Å². The van der Waals surface area contributed by atoms with E-state index in [0.29, 0.717) is 33.3 Å². The second-order valence-corrected chi connectivity index (χ2v) is 8.85. The Balaban J connectivity index is 1.48. The summed E-state index contributed by atoms with van der Waals surface area (Å²) in [5.74, 6) is 0.891. The van der Waals surface area contributed by atoms with Crippen molar-refractivity contribution < 1.29 is 18.8 Å². The van der Waals surface area contributed by atoms with E-state index in [-0.39, 0.29) is 30.2 Å². The number of hydrogen-bond acceptors (Lipinski definition) is 8. The molecule has 39 heavy (non-hydrogen) atoms. The van der Waals surface area contributed by atoms with Gasteiger partial charge in [0.05, 0.1) is 30.8 Å². The highest BCUT2D eigenvalue weighted by atomic mass is 35.5. The van der Waals surface area contributed by atoms with Gasteiger partial charge in [-0.15, -0.1) is 0 Å². The van der Waals surface area contributed by atoms with Gasteiger partial charge in [0.15, 0.2) is 0 Å². The van der Waals surface area contributed by atoms with Crippen LogP contribution in [0.2, 0.25) is 5.02 Å². The van der Waals surface area contributed by atoms with E-state index >= 15 is 0 Å². The zero-order chi connectivity index (χ0) is 27.5. The number of nitrogens with zero attached hydrogens (tertiary/aromatic N) is 4. The van der Waals surface area contributed by atoms with Gasteiger partial charge in [0, 0.05) is 10.6 Å². The van der Waals surface area contributed by atoms with Crippen LogP contribution in [0.4, 0.5) is 5.69 Å². The molecule has 0 saturated heterocycles. The smallest absolute Gasteiger partial charge is 0.332 e. The SMILES string of the molecule is COc1ccc(-c2noc(Cn3c(=O)c4ccccc4n(CC(=O)Nc4cc(Cl)ccc4OC)c3=O)n2)cc1. The van der Waals surface area contributed by atoms with E-state index in [2.05, 4.69) is 15.5 Å². The minimum atomic E-state index is -0.712. The Morgan fingerprint density at radius 2 is 1.77 bits per heavy atom. The maximum Gasteiger partial charge on any atom is 0.332 e. The molecule has 5 rings (SSSR count). The third-order valence-corrected chi connectivity index (χ3v) is 6.21. The number of aromatic nitrogens is 4. The third-order valence-electron chi connectivity index (χ3n) is 5.98. The van der Waals surface area contributed by atoms with Gasteiger partial charge >= 0.3 is 5.69 Å². The van der Waals surface area contributed by atoms with Crippen molar-refractivity contribution in [2.75, 3.05) is 19.5 Å². The average molecular weight is 548 g/mol. The number of rotatable bonds is 8. The van der Waals surface area contributed by atoms with Crippen molar-refractivity contribution in [3.63, 3.8) is 0 Å². The topological polar surface area (TPSA) is 130 Å². The van der Waals surface area contributed by atoms with Crippen LogP contribution in [0.5, 0.6) is 11.5 Å². The molecule has 1 amide bonds. The van der Waals surface area contributed by atoms with Gasteiger partial charge in [0.2, 0.25) is 17.6 Å². The van der Waals surface area contributed by atoms with Gasteiger partial charge in [-0.25, -0.2) is 4.79 Å². The molecule has 2 aromatic heterocycles. The number of ether oxygens (including phenoxy) is 2. The molecule has 0 aliphatic heterocycles. The largest absolute Gasteiger partial charge is 0.497 e. The number of anilines is 1. The van der Waals surface area contributed by atoms with Crippen LogP contribution in [-0.2, 0) is 17.9 Å². The van der Waals surface area contributed by atoms with E-state index in [1.54, 1.807) is 67.8 Å². The molecule has 1 N–H and O–H groups in total. The quantitative estimate of drug-likeness (QED) is 0.312. The molecule has 0 bridgehead atoms. The Bertz CT molecular complexity index is 1790. The fraction of sp³-hybridized carbons (Fsp3) is 0.148. The summed E-state index contributed by atoms with van der Waals surface area (Å²) in [4.78, 5) is 44.1. The Hall–Kier alpha value is -4.90. The molecular formula is C27H22ClN5O6. The van der Waals surface area contributed by atoms with Crippen LogP contribution < -0.4 is 26.0 Å². The molecule has 12 heteroatoms. The molecule has 0 aliphatic rings. The Morgan fingerprint density at radius 1 is 1.00 bits per heavy atom. The summed E-state index contributed by atoms with van der Waals surface area (Å²) in [6.45, 7) is -0.661. The van der Waals surface area contributed by atoms with Crippen molar-refractivity contribution in [2.45, 2.75) is 13.1 Å². The second kappa shape index (κ2) is 10.8. The molecule has 0 unspecified atom stereocenters. The van der Waals surface area contributed by atoms with Crippen LogP contribution in [0.15, 0.2) is 80.8 Å². The van der Waals surface area contributed by atoms with Gasteiger partial charge < -0.3 is 19.3 Å². The molecule has 0 atom stereocenters. The van der Waals surface area contributed by atoms with Crippen molar-refractivity contribution in [1.29, 1.82) is 0 Å². The zero-order valence-corrected chi connectivity index (χ0v) is 21.6. The van der Waals surface area contributed by atoms with Crippen LogP contribution in [0.1, 0.15) is 5.89 Å². The molecule has 198 valence electrons. The highest BCUT2D eigenvalue weighted by molar-refractivity contribution is 6.31. The summed E-state index contributed by atoms with van der Waals surface area (Å²) in [5.41, 5.74) is 0.0604. The van der Waals surface area contributed by atoms with E-state index in [4.69, 9.17) is 25.6 Å². The Morgan fingerprint density at radius 3 is 2.51 bits per heavy atom. The van der Waals surface area contributed by atoms with Crippen molar-refractivity contribution in [3.8, 4) is 22.9 Å². The standard InChI is InChI=1S/C27H22ClN5O6/c1-37-18-10-7-16(8-11-18)25-30-24(39-31-25)15-33-26(35)19-5-3-4-6-21(19)32(27(33)36)14-23(34)29-20-13-17(28)9-12-22(20)38-2/h3-13H,14-15H2,1-2H3,(H,29,34). The number of hydrogen-bond donors (Lipinski definition) is 1. The Kier molecular flexibility index (Phi) is 7.15. The minimum Gasteiger partial charge on any atom is -0.497 e. The number of para-hydroxylation sites is 1. The molecular weight excluding hydrogens is 526 g/mol.